The zero-order valence-electron chi connectivity index (χ0n) is 13.6. The highest BCUT2D eigenvalue weighted by molar-refractivity contribution is 5.91. The van der Waals surface area contributed by atoms with E-state index in [4.69, 9.17) is 5.11 Å². The van der Waals surface area contributed by atoms with Gasteiger partial charge in [0.2, 0.25) is 11.8 Å². The number of amides is 2. The Morgan fingerprint density at radius 2 is 1.70 bits per heavy atom. The summed E-state index contributed by atoms with van der Waals surface area (Å²) in [5.74, 6) is -1.66. The topological polar surface area (TPSA) is 95.5 Å². The standard InChI is InChI=1S/C17H24N2O4/c1-3-11-18-15(20)5-4-6-16(21)19-14-9-7-13(8-10-14)12(2)17(22)23/h7-10,12H,3-6,11H2,1-2H3,(H,18,20)(H,19,21)(H,22,23). The molecular formula is C17H24N2O4. The maximum atomic E-state index is 11.8. The van der Waals surface area contributed by atoms with E-state index in [0.29, 0.717) is 30.6 Å². The minimum absolute atomic E-state index is 0.0355. The number of benzene rings is 1. The summed E-state index contributed by atoms with van der Waals surface area (Å²) < 4.78 is 0. The number of anilines is 1. The molecule has 6 heteroatoms. The van der Waals surface area contributed by atoms with Gasteiger partial charge in [-0.2, -0.15) is 0 Å². The Balaban J connectivity index is 2.37. The van der Waals surface area contributed by atoms with Crippen LogP contribution in [0.2, 0.25) is 0 Å². The fourth-order valence-corrected chi connectivity index (χ4v) is 1.98. The van der Waals surface area contributed by atoms with Crippen LogP contribution in [0.5, 0.6) is 0 Å². The number of carboxylic acids is 1. The van der Waals surface area contributed by atoms with E-state index in [-0.39, 0.29) is 18.2 Å². The van der Waals surface area contributed by atoms with Crippen molar-refractivity contribution in [1.29, 1.82) is 0 Å². The number of carboxylic acid groups (broad SMARTS) is 1. The van der Waals surface area contributed by atoms with E-state index < -0.39 is 11.9 Å². The molecule has 1 aromatic rings. The molecule has 0 bridgehead atoms. The molecule has 1 unspecified atom stereocenters. The van der Waals surface area contributed by atoms with Gasteiger partial charge in [0.25, 0.3) is 0 Å². The lowest BCUT2D eigenvalue weighted by molar-refractivity contribution is -0.138. The molecule has 0 heterocycles. The Hall–Kier alpha value is -2.37. The number of nitrogens with one attached hydrogen (secondary N) is 2. The molecule has 6 nitrogen and oxygen atoms in total. The minimum Gasteiger partial charge on any atom is -0.481 e. The van der Waals surface area contributed by atoms with E-state index in [1.807, 2.05) is 6.92 Å². The molecule has 0 radical (unpaired) electrons. The molecule has 2 amide bonds. The largest absolute Gasteiger partial charge is 0.481 e. The van der Waals surface area contributed by atoms with Crippen LogP contribution in [0.1, 0.15) is 51.0 Å². The summed E-state index contributed by atoms with van der Waals surface area (Å²) in [6.07, 6.45) is 1.99. The second-order valence-electron chi connectivity index (χ2n) is 5.43. The van der Waals surface area contributed by atoms with E-state index in [2.05, 4.69) is 10.6 Å². The Bertz CT molecular complexity index is 540. The lowest BCUT2D eigenvalue weighted by Crippen LogP contribution is -2.24. The summed E-state index contributed by atoms with van der Waals surface area (Å²) in [7, 11) is 0. The van der Waals surface area contributed by atoms with Crippen molar-refractivity contribution in [2.75, 3.05) is 11.9 Å². The van der Waals surface area contributed by atoms with Gasteiger partial charge in [0, 0.05) is 25.1 Å². The van der Waals surface area contributed by atoms with Crippen LogP contribution in [-0.2, 0) is 14.4 Å². The first kappa shape index (κ1) is 18.7. The molecule has 1 rings (SSSR count). The number of carbonyl (C=O) groups is 3. The van der Waals surface area contributed by atoms with Gasteiger partial charge in [0.15, 0.2) is 0 Å². The summed E-state index contributed by atoms with van der Waals surface area (Å²) in [6, 6.07) is 6.74. The smallest absolute Gasteiger partial charge is 0.310 e. The van der Waals surface area contributed by atoms with Gasteiger partial charge < -0.3 is 15.7 Å². The van der Waals surface area contributed by atoms with Gasteiger partial charge in [-0.1, -0.05) is 19.1 Å². The highest BCUT2D eigenvalue weighted by Crippen LogP contribution is 2.18. The van der Waals surface area contributed by atoms with Crippen molar-refractivity contribution < 1.29 is 19.5 Å². The van der Waals surface area contributed by atoms with Crippen LogP contribution in [-0.4, -0.2) is 29.4 Å². The third-order valence-electron chi connectivity index (χ3n) is 3.44. The third-order valence-corrected chi connectivity index (χ3v) is 3.44. The van der Waals surface area contributed by atoms with Crippen LogP contribution in [0, 0.1) is 0 Å². The van der Waals surface area contributed by atoms with E-state index >= 15 is 0 Å². The quantitative estimate of drug-likeness (QED) is 0.651. The number of aliphatic carboxylic acids is 1. The fraction of sp³-hybridized carbons (Fsp3) is 0.471. The zero-order chi connectivity index (χ0) is 17.2. The first-order chi connectivity index (χ1) is 10.9. The second kappa shape index (κ2) is 9.61. The molecule has 0 aliphatic heterocycles. The van der Waals surface area contributed by atoms with Gasteiger partial charge in [-0.25, -0.2) is 0 Å². The SMILES string of the molecule is CCCNC(=O)CCCC(=O)Nc1ccc(C(C)C(=O)O)cc1. The van der Waals surface area contributed by atoms with Crippen molar-refractivity contribution in [3.05, 3.63) is 29.8 Å². The van der Waals surface area contributed by atoms with Gasteiger partial charge in [0.1, 0.15) is 0 Å². The molecular weight excluding hydrogens is 296 g/mol. The maximum Gasteiger partial charge on any atom is 0.310 e. The van der Waals surface area contributed by atoms with E-state index in [1.54, 1.807) is 31.2 Å². The lowest BCUT2D eigenvalue weighted by atomic mass is 10.0. The predicted molar refractivity (Wildman–Crippen MR) is 88.3 cm³/mol. The zero-order valence-corrected chi connectivity index (χ0v) is 13.6. The number of hydrogen-bond acceptors (Lipinski definition) is 3. The van der Waals surface area contributed by atoms with Crippen LogP contribution >= 0.6 is 0 Å². The monoisotopic (exact) mass is 320 g/mol. The Morgan fingerprint density at radius 3 is 2.26 bits per heavy atom. The van der Waals surface area contributed by atoms with Gasteiger partial charge in [-0.3, -0.25) is 14.4 Å². The molecule has 0 spiro atoms. The van der Waals surface area contributed by atoms with Crippen molar-refractivity contribution in [2.24, 2.45) is 0 Å². The van der Waals surface area contributed by atoms with Gasteiger partial charge >= 0.3 is 5.97 Å². The van der Waals surface area contributed by atoms with Crippen molar-refractivity contribution in [3.63, 3.8) is 0 Å². The predicted octanol–water partition coefficient (Wildman–Crippen LogP) is 2.51. The van der Waals surface area contributed by atoms with E-state index in [1.165, 1.54) is 0 Å². The molecule has 0 saturated heterocycles. The molecule has 1 atom stereocenters. The molecule has 3 N–H and O–H groups in total. The highest BCUT2D eigenvalue weighted by atomic mass is 16.4. The van der Waals surface area contributed by atoms with Crippen molar-refractivity contribution in [2.45, 2.75) is 45.4 Å². The minimum atomic E-state index is -0.886. The average Bonchev–Trinajstić information content (AvgIpc) is 2.52. The molecule has 126 valence electrons. The molecule has 0 aromatic heterocycles. The van der Waals surface area contributed by atoms with Crippen molar-refractivity contribution >= 4 is 23.5 Å². The summed E-state index contributed by atoms with van der Waals surface area (Å²) in [5, 5.41) is 14.4. The first-order valence-electron chi connectivity index (χ1n) is 7.83. The van der Waals surface area contributed by atoms with Gasteiger partial charge in [0.05, 0.1) is 5.92 Å². The third kappa shape index (κ3) is 6.95. The lowest BCUT2D eigenvalue weighted by Gasteiger charge is -2.09. The van der Waals surface area contributed by atoms with Gasteiger partial charge in [-0.15, -0.1) is 0 Å². The maximum absolute atomic E-state index is 11.8. The van der Waals surface area contributed by atoms with Gasteiger partial charge in [-0.05, 0) is 37.5 Å². The van der Waals surface area contributed by atoms with Crippen molar-refractivity contribution in [3.8, 4) is 0 Å². The Kier molecular flexibility index (Phi) is 7.80. The normalized spacial score (nSPS) is 11.6. The van der Waals surface area contributed by atoms with Crippen LogP contribution in [0.15, 0.2) is 24.3 Å². The Labute approximate surface area is 136 Å². The average molecular weight is 320 g/mol. The summed E-state index contributed by atoms with van der Waals surface area (Å²) >= 11 is 0. The molecule has 1 aromatic carbocycles. The van der Waals surface area contributed by atoms with Crippen LogP contribution < -0.4 is 10.6 Å². The van der Waals surface area contributed by atoms with Crippen molar-refractivity contribution in [1.82, 2.24) is 5.32 Å². The second-order valence-corrected chi connectivity index (χ2v) is 5.43. The highest BCUT2D eigenvalue weighted by Gasteiger charge is 2.13. The molecule has 0 fully saturated rings. The molecule has 0 aliphatic rings. The first-order valence-corrected chi connectivity index (χ1v) is 7.83. The summed E-state index contributed by atoms with van der Waals surface area (Å²) in [6.45, 7) is 4.25. The van der Waals surface area contributed by atoms with Crippen LogP contribution in [0.4, 0.5) is 5.69 Å². The molecule has 0 aliphatic carbocycles. The number of hydrogen-bond donors (Lipinski definition) is 3. The number of carbonyl (C=O) groups excluding carboxylic acids is 2. The van der Waals surface area contributed by atoms with E-state index in [9.17, 15) is 14.4 Å². The number of rotatable bonds is 9. The van der Waals surface area contributed by atoms with Crippen LogP contribution in [0.25, 0.3) is 0 Å². The van der Waals surface area contributed by atoms with Crippen LogP contribution in [0.3, 0.4) is 0 Å². The summed E-state index contributed by atoms with van der Waals surface area (Å²) in [4.78, 5) is 34.1. The molecule has 0 saturated carbocycles. The van der Waals surface area contributed by atoms with E-state index in [0.717, 1.165) is 6.42 Å². The fourth-order valence-electron chi connectivity index (χ4n) is 1.98. The summed E-state index contributed by atoms with van der Waals surface area (Å²) in [5.41, 5.74) is 1.30. The Morgan fingerprint density at radius 1 is 1.09 bits per heavy atom. The molecule has 23 heavy (non-hydrogen) atoms.